The molecule has 2 atom stereocenters. The fraction of sp³-hybridized carbons (Fsp3) is 0.267. The molecule has 4 N–H and O–H groups in total. The molecule has 1 aromatic heterocycles. The largest absolute Gasteiger partial charge is 0.547 e. The molecule has 144 valence electrons. The van der Waals surface area contributed by atoms with Crippen LogP contribution in [0, 0.1) is 0 Å². The van der Waals surface area contributed by atoms with Crippen LogP contribution in [0.3, 0.4) is 0 Å². The van der Waals surface area contributed by atoms with Crippen molar-refractivity contribution in [3.8, 4) is 0 Å². The van der Waals surface area contributed by atoms with Gasteiger partial charge in [0.1, 0.15) is 17.7 Å². The molecule has 1 aliphatic rings. The Kier molecular flexibility index (Phi) is 6.98. The molecule has 2 aromatic rings. The van der Waals surface area contributed by atoms with Crippen LogP contribution >= 0.6 is 15.9 Å². The van der Waals surface area contributed by atoms with Gasteiger partial charge in [0.15, 0.2) is 5.96 Å². The third-order valence-corrected chi connectivity index (χ3v) is 4.09. The molecule has 0 saturated carbocycles. The van der Waals surface area contributed by atoms with E-state index in [0.717, 1.165) is 40.2 Å². The molecule has 11 nitrogen and oxygen atoms in total. The first-order valence-electron chi connectivity index (χ1n) is 7.53. The zero-order valence-corrected chi connectivity index (χ0v) is 15.2. The fourth-order valence-corrected chi connectivity index (χ4v) is 2.50. The second-order valence-electron chi connectivity index (χ2n) is 5.16. The Bertz CT molecular complexity index is 859. The van der Waals surface area contributed by atoms with Crippen molar-refractivity contribution in [3.05, 3.63) is 29.0 Å². The van der Waals surface area contributed by atoms with Crippen LogP contribution in [0.2, 0.25) is 0 Å². The molecule has 0 spiro atoms. The van der Waals surface area contributed by atoms with E-state index in [-0.39, 0.29) is 0 Å². The lowest BCUT2D eigenvalue weighted by Gasteiger charge is -2.18. The van der Waals surface area contributed by atoms with Crippen molar-refractivity contribution in [3.63, 3.8) is 0 Å². The molecule has 3 rings (SSSR count). The van der Waals surface area contributed by atoms with Gasteiger partial charge in [-0.3, -0.25) is 15.0 Å². The summed E-state index contributed by atoms with van der Waals surface area (Å²) in [6, 6.07) is 3.90. The SMILES string of the molecule is Brc1c(NC2=NCCN2)ccc2nccnc12.O=C([O-])[C@H](O)[C@@H](O)C(=O)[O-]. The van der Waals surface area contributed by atoms with Gasteiger partial charge in [0.25, 0.3) is 0 Å². The monoisotopic (exact) mass is 439 g/mol. The number of carbonyl (C=O) groups is 2. The number of hydrogen-bond acceptors (Lipinski definition) is 11. The van der Waals surface area contributed by atoms with E-state index >= 15 is 0 Å². The van der Waals surface area contributed by atoms with E-state index < -0.39 is 24.1 Å². The van der Waals surface area contributed by atoms with Gasteiger partial charge in [-0.2, -0.15) is 0 Å². The van der Waals surface area contributed by atoms with E-state index in [2.05, 4.69) is 41.5 Å². The zero-order chi connectivity index (χ0) is 20.0. The third-order valence-electron chi connectivity index (χ3n) is 3.29. The first kappa shape index (κ1) is 20.5. The molecule has 1 aliphatic heterocycles. The number of anilines is 1. The maximum atomic E-state index is 9.63. The molecule has 12 heteroatoms. The lowest BCUT2D eigenvalue weighted by molar-refractivity contribution is -0.333. The molecule has 0 fully saturated rings. The summed E-state index contributed by atoms with van der Waals surface area (Å²) in [5.41, 5.74) is 2.65. The Morgan fingerprint density at radius 1 is 1.15 bits per heavy atom. The number of carbonyl (C=O) groups excluding carboxylic acids is 2. The summed E-state index contributed by atoms with van der Waals surface area (Å²) in [5.74, 6) is -3.32. The van der Waals surface area contributed by atoms with Crippen LogP contribution in [-0.2, 0) is 9.59 Å². The van der Waals surface area contributed by atoms with Crippen molar-refractivity contribution in [2.45, 2.75) is 12.2 Å². The number of benzene rings is 1. The van der Waals surface area contributed by atoms with Gasteiger partial charge >= 0.3 is 0 Å². The number of carboxylic acids is 2. The Morgan fingerprint density at radius 3 is 2.33 bits per heavy atom. The van der Waals surface area contributed by atoms with E-state index in [1.165, 1.54) is 0 Å². The highest BCUT2D eigenvalue weighted by molar-refractivity contribution is 9.10. The molecular weight excluding hydrogens is 426 g/mol. The minimum absolute atomic E-state index is 0.800. The van der Waals surface area contributed by atoms with Gasteiger partial charge in [-0.25, -0.2) is 0 Å². The molecule has 0 saturated heterocycles. The van der Waals surface area contributed by atoms with Gasteiger partial charge < -0.3 is 40.6 Å². The van der Waals surface area contributed by atoms with Crippen LogP contribution in [0.1, 0.15) is 0 Å². The van der Waals surface area contributed by atoms with Crippen molar-refractivity contribution in [1.82, 2.24) is 15.3 Å². The van der Waals surface area contributed by atoms with Crippen LogP contribution in [0.5, 0.6) is 0 Å². The van der Waals surface area contributed by atoms with Crippen molar-refractivity contribution in [2.24, 2.45) is 4.99 Å². The predicted molar refractivity (Wildman–Crippen MR) is 93.2 cm³/mol. The molecular formula is C15H14BrN5O6-2. The number of rotatable bonds is 4. The van der Waals surface area contributed by atoms with Crippen molar-refractivity contribution >= 4 is 50.5 Å². The average Bonchev–Trinajstić information content (AvgIpc) is 3.16. The van der Waals surface area contributed by atoms with Crippen LogP contribution in [0.25, 0.3) is 11.0 Å². The van der Waals surface area contributed by atoms with Gasteiger partial charge in [-0.1, -0.05) is 0 Å². The maximum Gasteiger partial charge on any atom is 0.195 e. The number of nitrogens with zero attached hydrogens (tertiary/aromatic N) is 3. The van der Waals surface area contributed by atoms with Crippen molar-refractivity contribution in [2.75, 3.05) is 18.4 Å². The number of fused-ring (bicyclic) bond motifs is 1. The van der Waals surface area contributed by atoms with Crippen molar-refractivity contribution < 1.29 is 30.0 Å². The number of aromatic nitrogens is 2. The summed E-state index contributed by atoms with van der Waals surface area (Å²) in [4.78, 5) is 32.1. The molecule has 0 unspecified atom stereocenters. The number of aliphatic hydroxyl groups is 2. The molecule has 2 heterocycles. The third kappa shape index (κ3) is 5.32. The lowest BCUT2D eigenvalue weighted by atomic mass is 10.2. The number of nitrogens with one attached hydrogen (secondary N) is 2. The standard InChI is InChI=1S/C11H10BrN5.C4H6O6/c12-9-7(17-11-15-5-6-16-11)1-2-8-10(9)14-4-3-13-8;5-1(3(7)8)2(6)4(9)10/h1-4H,5-6H2,(H2,15,16,17);1-2,5-6H,(H,7,8)(H,9,10)/p-2/t;1-,2-/m.1/s1. The smallest absolute Gasteiger partial charge is 0.195 e. The van der Waals surface area contributed by atoms with Gasteiger partial charge in [0.2, 0.25) is 0 Å². The lowest BCUT2D eigenvalue weighted by Crippen LogP contribution is -2.51. The van der Waals surface area contributed by atoms with Gasteiger partial charge in [-0.15, -0.1) is 0 Å². The molecule has 1 aromatic carbocycles. The predicted octanol–water partition coefficient (Wildman–Crippen LogP) is -3.03. The summed E-state index contributed by atoms with van der Waals surface area (Å²) in [6.45, 7) is 1.70. The quantitative estimate of drug-likeness (QED) is 0.382. The fourth-order valence-electron chi connectivity index (χ4n) is 1.97. The molecule has 0 radical (unpaired) electrons. The number of aliphatic imine (C=N–C) groups is 1. The number of aliphatic hydroxyl groups excluding tert-OH is 2. The molecule has 27 heavy (non-hydrogen) atoms. The maximum absolute atomic E-state index is 9.63. The Morgan fingerprint density at radius 2 is 1.78 bits per heavy atom. The van der Waals surface area contributed by atoms with E-state index in [0.29, 0.717) is 0 Å². The highest BCUT2D eigenvalue weighted by Crippen LogP contribution is 2.28. The van der Waals surface area contributed by atoms with E-state index in [1.54, 1.807) is 12.4 Å². The van der Waals surface area contributed by atoms with Crippen LogP contribution in [0.4, 0.5) is 5.69 Å². The minimum Gasteiger partial charge on any atom is -0.547 e. The number of carboxylic acid groups (broad SMARTS) is 2. The summed E-state index contributed by atoms with van der Waals surface area (Å²) in [7, 11) is 0. The van der Waals surface area contributed by atoms with Gasteiger partial charge in [0, 0.05) is 18.9 Å². The number of hydrogen-bond donors (Lipinski definition) is 4. The number of halogens is 1. The summed E-state index contributed by atoms with van der Waals surface area (Å²) in [6.07, 6.45) is -1.51. The highest BCUT2D eigenvalue weighted by Gasteiger charge is 2.17. The molecule has 0 bridgehead atoms. The number of aliphatic carboxylic acids is 2. The van der Waals surface area contributed by atoms with Crippen LogP contribution in [-0.4, -0.2) is 63.4 Å². The second kappa shape index (κ2) is 9.21. The highest BCUT2D eigenvalue weighted by atomic mass is 79.9. The minimum atomic E-state index is -2.44. The Hall–Kier alpha value is -2.83. The van der Waals surface area contributed by atoms with E-state index in [1.807, 2.05) is 12.1 Å². The van der Waals surface area contributed by atoms with Crippen LogP contribution in [0.15, 0.2) is 34.0 Å². The summed E-state index contributed by atoms with van der Waals surface area (Å²) < 4.78 is 0.902. The van der Waals surface area contributed by atoms with Gasteiger partial charge in [-0.05, 0) is 28.1 Å². The number of guanidine groups is 1. The Labute approximate surface area is 160 Å². The molecule has 0 amide bonds. The van der Waals surface area contributed by atoms with Gasteiger partial charge in [0.05, 0.1) is 34.2 Å². The zero-order valence-electron chi connectivity index (χ0n) is 13.6. The van der Waals surface area contributed by atoms with E-state index in [9.17, 15) is 19.8 Å². The summed E-state index contributed by atoms with van der Waals surface area (Å²) in [5, 5.41) is 42.1. The van der Waals surface area contributed by atoms with Crippen LogP contribution < -0.4 is 20.8 Å². The van der Waals surface area contributed by atoms with Crippen molar-refractivity contribution in [1.29, 1.82) is 0 Å². The topological polar surface area (TPSA) is 183 Å². The first-order chi connectivity index (χ1) is 12.8. The summed E-state index contributed by atoms with van der Waals surface area (Å²) >= 11 is 3.54. The normalized spacial score (nSPS) is 15.0. The average molecular weight is 440 g/mol. The second-order valence-corrected chi connectivity index (χ2v) is 5.95. The molecule has 0 aliphatic carbocycles. The Balaban J connectivity index is 0.000000227. The van der Waals surface area contributed by atoms with E-state index in [4.69, 9.17) is 10.2 Å². The first-order valence-corrected chi connectivity index (χ1v) is 8.33.